The van der Waals surface area contributed by atoms with Crippen LogP contribution in [0.25, 0.3) is 22.8 Å². The zero-order chi connectivity index (χ0) is 32.8. The Balaban J connectivity index is 0.00000401. The third-order valence-corrected chi connectivity index (χ3v) is 8.92. The number of nitrogens with zero attached hydrogens (tertiary/aromatic N) is 5. The standard InChI is InChI=1S/C40H38BN5O.Pt/c1-26(2)34-18-11-19-35(27(3)4)38(34)45-21-20-42-39(45)31-15-10-17-33(23-31)47-32-16-9-14-30(22-32)36-24-41(40-43-44(7)25-46(36)40)37-28(5)12-8-13-29(37)6;/h8-21,24,26-27H,1-7H3;/q-2;. The molecular weight excluding hydrogens is 772 g/mol. The van der Waals surface area contributed by atoms with Crippen LogP contribution in [0.5, 0.6) is 11.5 Å². The summed E-state index contributed by atoms with van der Waals surface area (Å²) in [6.07, 6.45) is 7.26. The minimum absolute atomic E-state index is 0. The molecule has 4 aromatic carbocycles. The number of rotatable bonds is 8. The van der Waals surface area contributed by atoms with Crippen LogP contribution < -0.4 is 20.6 Å². The summed E-state index contributed by atoms with van der Waals surface area (Å²) in [4.78, 5) is 4.79. The predicted octanol–water partition coefficient (Wildman–Crippen LogP) is 6.67. The molecule has 0 aliphatic carbocycles. The van der Waals surface area contributed by atoms with Crippen LogP contribution >= 0.6 is 0 Å². The van der Waals surface area contributed by atoms with E-state index >= 15 is 0 Å². The van der Waals surface area contributed by atoms with E-state index in [1.807, 2.05) is 54.3 Å². The van der Waals surface area contributed by atoms with Crippen molar-refractivity contribution >= 4 is 23.6 Å². The van der Waals surface area contributed by atoms with Crippen LogP contribution in [0.1, 0.15) is 67.3 Å². The van der Waals surface area contributed by atoms with Gasteiger partial charge in [0.05, 0.1) is 12.9 Å². The molecule has 7 rings (SSSR count). The molecule has 0 amide bonds. The molecule has 1 aliphatic rings. The fraction of sp³-hybridized carbons (Fsp3) is 0.225. The van der Waals surface area contributed by atoms with Gasteiger partial charge < -0.3 is 13.9 Å². The van der Waals surface area contributed by atoms with Gasteiger partial charge in [-0.1, -0.05) is 92.8 Å². The Labute approximate surface area is 298 Å². The fourth-order valence-corrected chi connectivity index (χ4v) is 6.73. The number of para-hydroxylation sites is 1. The summed E-state index contributed by atoms with van der Waals surface area (Å²) in [5.41, 5.74) is 11.2. The Morgan fingerprint density at radius 1 is 0.792 bits per heavy atom. The minimum Gasteiger partial charge on any atom is -0.497 e. The second-order valence-corrected chi connectivity index (χ2v) is 12.9. The van der Waals surface area contributed by atoms with E-state index in [4.69, 9.17) is 14.8 Å². The molecule has 0 fully saturated rings. The number of hydrogen-bond donors (Lipinski definition) is 0. The van der Waals surface area contributed by atoms with Crippen molar-refractivity contribution in [2.45, 2.75) is 53.4 Å². The molecule has 0 atom stereocenters. The van der Waals surface area contributed by atoms with Gasteiger partial charge in [0.2, 0.25) is 13.0 Å². The van der Waals surface area contributed by atoms with Crippen molar-refractivity contribution in [2.24, 2.45) is 7.05 Å². The molecule has 0 unspecified atom stereocenters. The second kappa shape index (κ2) is 13.6. The van der Waals surface area contributed by atoms with Crippen molar-refractivity contribution < 1.29 is 30.5 Å². The molecule has 6 aromatic rings. The number of hydrogen-bond acceptors (Lipinski definition) is 3. The van der Waals surface area contributed by atoms with Crippen LogP contribution in [-0.2, 0) is 28.1 Å². The van der Waals surface area contributed by atoms with Crippen LogP contribution in [-0.4, -0.2) is 25.9 Å². The molecule has 48 heavy (non-hydrogen) atoms. The van der Waals surface area contributed by atoms with E-state index in [9.17, 15) is 0 Å². The summed E-state index contributed by atoms with van der Waals surface area (Å²) in [5, 5.41) is 4.80. The SMILES string of the molecule is Cc1cccc(C)c1B1C=C(c2[c-]c(Oc3[c-]c(-c4nccn4-c4c(C(C)C)cccc4C(C)C)ccc3)ccc2)n2[c-][n+](C)nc21.[Pt]. The van der Waals surface area contributed by atoms with E-state index in [-0.39, 0.29) is 27.8 Å². The van der Waals surface area contributed by atoms with Gasteiger partial charge in [-0.25, -0.2) is 4.68 Å². The summed E-state index contributed by atoms with van der Waals surface area (Å²) >= 11 is 0. The van der Waals surface area contributed by atoms with Crippen molar-refractivity contribution in [1.29, 1.82) is 0 Å². The summed E-state index contributed by atoms with van der Waals surface area (Å²) in [7, 11) is 1.91. The van der Waals surface area contributed by atoms with Crippen molar-refractivity contribution in [2.75, 3.05) is 0 Å². The van der Waals surface area contributed by atoms with Gasteiger partial charge in [0, 0.05) is 56.3 Å². The van der Waals surface area contributed by atoms with Crippen LogP contribution in [0.2, 0.25) is 0 Å². The fourth-order valence-electron chi connectivity index (χ4n) is 6.73. The topological polar surface area (TPSA) is 48.8 Å². The Morgan fingerprint density at radius 3 is 2.02 bits per heavy atom. The van der Waals surface area contributed by atoms with E-state index in [1.165, 1.54) is 33.4 Å². The molecule has 0 radical (unpaired) electrons. The minimum atomic E-state index is 0. The normalized spacial score (nSPS) is 12.4. The molecule has 3 heterocycles. The first-order valence-corrected chi connectivity index (χ1v) is 16.3. The number of benzene rings is 4. The monoisotopic (exact) mass is 810 g/mol. The van der Waals surface area contributed by atoms with Gasteiger partial charge in [-0.3, -0.25) is 4.98 Å². The van der Waals surface area contributed by atoms with Crippen molar-refractivity contribution in [1.82, 2.24) is 19.2 Å². The van der Waals surface area contributed by atoms with Crippen molar-refractivity contribution in [3.8, 4) is 28.6 Å². The van der Waals surface area contributed by atoms with Crippen LogP contribution in [0.15, 0.2) is 91.2 Å². The van der Waals surface area contributed by atoms with Gasteiger partial charge >= 0.3 is 0 Å². The van der Waals surface area contributed by atoms with Gasteiger partial charge in [0.25, 0.3) is 0 Å². The molecule has 0 spiro atoms. The Kier molecular flexibility index (Phi) is 9.44. The number of fused-ring (bicyclic) bond motifs is 1. The first-order valence-electron chi connectivity index (χ1n) is 16.3. The van der Waals surface area contributed by atoms with Crippen LogP contribution in [0, 0.1) is 32.3 Å². The number of ether oxygens (including phenoxy) is 1. The van der Waals surface area contributed by atoms with Crippen molar-refractivity contribution in [3.05, 3.63) is 137 Å². The van der Waals surface area contributed by atoms with E-state index in [1.54, 1.807) is 4.68 Å². The third-order valence-electron chi connectivity index (χ3n) is 8.92. The summed E-state index contributed by atoms with van der Waals surface area (Å²) in [6.45, 7) is 13.3. The summed E-state index contributed by atoms with van der Waals surface area (Å²) < 4.78 is 12.4. The molecule has 0 saturated heterocycles. The van der Waals surface area contributed by atoms with E-state index in [2.05, 4.69) is 113 Å². The number of aryl methyl sites for hydroxylation is 3. The number of aromatic nitrogens is 5. The molecule has 0 bridgehead atoms. The maximum absolute atomic E-state index is 6.41. The quantitative estimate of drug-likeness (QED) is 0.0983. The maximum Gasteiger partial charge on any atom is 0.236 e. The predicted molar refractivity (Wildman–Crippen MR) is 188 cm³/mol. The van der Waals surface area contributed by atoms with Gasteiger partial charge in [-0.15, -0.1) is 58.6 Å². The first-order chi connectivity index (χ1) is 22.7. The second-order valence-electron chi connectivity index (χ2n) is 12.9. The maximum atomic E-state index is 6.41. The van der Waals surface area contributed by atoms with E-state index < -0.39 is 0 Å². The van der Waals surface area contributed by atoms with Gasteiger partial charge in [0.1, 0.15) is 5.72 Å². The van der Waals surface area contributed by atoms with Gasteiger partial charge in [-0.05, 0) is 36.8 Å². The summed E-state index contributed by atoms with van der Waals surface area (Å²) in [6, 6.07) is 31.9. The van der Waals surface area contributed by atoms with Gasteiger partial charge in [-0.2, -0.15) is 0 Å². The Hall–Kier alpha value is -4.48. The molecular formula is C40H38BN5OPt-2. The molecule has 0 N–H and O–H groups in total. The smallest absolute Gasteiger partial charge is 0.236 e. The molecule has 6 nitrogen and oxygen atoms in total. The average Bonchev–Trinajstić information content (AvgIpc) is 3.77. The summed E-state index contributed by atoms with van der Waals surface area (Å²) in [5.74, 6) is 5.02. The molecule has 244 valence electrons. The zero-order valence-corrected chi connectivity index (χ0v) is 30.6. The van der Waals surface area contributed by atoms with Crippen LogP contribution in [0.3, 0.4) is 0 Å². The van der Waals surface area contributed by atoms with E-state index in [0.29, 0.717) is 23.3 Å². The Morgan fingerprint density at radius 2 is 1.38 bits per heavy atom. The average molecular weight is 811 g/mol. The molecule has 8 heteroatoms. The number of imidazole rings is 1. The molecule has 1 aliphatic heterocycles. The first kappa shape index (κ1) is 33.4. The largest absolute Gasteiger partial charge is 0.497 e. The van der Waals surface area contributed by atoms with E-state index in [0.717, 1.165) is 28.4 Å². The van der Waals surface area contributed by atoms with Gasteiger partial charge in [0.15, 0.2) is 0 Å². The molecule has 0 saturated carbocycles. The Bertz CT molecular complexity index is 2100. The third kappa shape index (κ3) is 6.12. The van der Waals surface area contributed by atoms with Crippen molar-refractivity contribution in [3.63, 3.8) is 0 Å². The molecule has 2 aromatic heterocycles. The zero-order valence-electron chi connectivity index (χ0n) is 28.4. The van der Waals surface area contributed by atoms with Crippen LogP contribution in [0.4, 0.5) is 0 Å².